The second kappa shape index (κ2) is 7.07. The molecule has 0 bridgehead atoms. The molecule has 21 heavy (non-hydrogen) atoms. The second-order valence-electron chi connectivity index (χ2n) is 5.45. The minimum absolute atomic E-state index is 0.0438. The van der Waals surface area contributed by atoms with E-state index in [9.17, 15) is 0 Å². The highest BCUT2D eigenvalue weighted by atomic mass is 35.5. The number of nitrogens with two attached hydrogens (primary N) is 1. The molecule has 0 radical (unpaired) electrons. The number of hydrogen-bond acceptors (Lipinski definition) is 3. The van der Waals surface area contributed by atoms with E-state index in [1.807, 2.05) is 42.1 Å². The van der Waals surface area contributed by atoms with Crippen molar-refractivity contribution in [3.8, 4) is 0 Å². The van der Waals surface area contributed by atoms with Crippen LogP contribution in [-0.4, -0.2) is 9.78 Å². The summed E-state index contributed by atoms with van der Waals surface area (Å²) in [5.41, 5.74) is 5.93. The molecule has 1 heterocycles. The van der Waals surface area contributed by atoms with E-state index in [0.717, 1.165) is 28.3 Å². The lowest BCUT2D eigenvalue weighted by molar-refractivity contribution is 0.467. The van der Waals surface area contributed by atoms with Gasteiger partial charge in [-0.2, -0.15) is 5.10 Å². The number of hydrazine groups is 1. The van der Waals surface area contributed by atoms with Gasteiger partial charge in [0.2, 0.25) is 0 Å². The standard InChI is InChI=1S/C16H23ClN4/c1-4-12(3)21-9-8-13(20-21)10-15(19-18)14-7-5-6-11(2)16(14)17/h5-9,12,15,19H,4,10,18H2,1-3H3. The van der Waals surface area contributed by atoms with Crippen molar-refractivity contribution in [2.75, 3.05) is 0 Å². The van der Waals surface area contributed by atoms with Crippen LogP contribution in [0.3, 0.4) is 0 Å². The van der Waals surface area contributed by atoms with Crippen LogP contribution >= 0.6 is 11.6 Å². The third-order valence-corrected chi connectivity index (χ3v) is 4.43. The summed E-state index contributed by atoms with van der Waals surface area (Å²) >= 11 is 6.39. The van der Waals surface area contributed by atoms with Crippen LogP contribution in [0, 0.1) is 6.92 Å². The number of aromatic nitrogens is 2. The average molecular weight is 307 g/mol. The first kappa shape index (κ1) is 16.0. The van der Waals surface area contributed by atoms with Crippen LogP contribution in [0.2, 0.25) is 5.02 Å². The van der Waals surface area contributed by atoms with Gasteiger partial charge >= 0.3 is 0 Å². The number of rotatable bonds is 6. The molecule has 2 rings (SSSR count). The van der Waals surface area contributed by atoms with Gasteiger partial charge in [0.05, 0.1) is 11.7 Å². The molecule has 0 aliphatic rings. The molecule has 1 aromatic carbocycles. The van der Waals surface area contributed by atoms with Gasteiger partial charge in [-0.1, -0.05) is 36.7 Å². The summed E-state index contributed by atoms with van der Waals surface area (Å²) in [6.07, 6.45) is 3.79. The highest BCUT2D eigenvalue weighted by Gasteiger charge is 2.16. The summed E-state index contributed by atoms with van der Waals surface area (Å²) in [7, 11) is 0. The van der Waals surface area contributed by atoms with Crippen molar-refractivity contribution in [2.45, 2.75) is 45.7 Å². The number of hydrogen-bond donors (Lipinski definition) is 2. The summed E-state index contributed by atoms with van der Waals surface area (Å²) < 4.78 is 2.00. The van der Waals surface area contributed by atoms with E-state index < -0.39 is 0 Å². The molecule has 2 aromatic rings. The first-order chi connectivity index (χ1) is 10.1. The van der Waals surface area contributed by atoms with Crippen molar-refractivity contribution in [1.82, 2.24) is 15.2 Å². The van der Waals surface area contributed by atoms with E-state index in [1.54, 1.807) is 0 Å². The van der Waals surface area contributed by atoms with E-state index in [1.165, 1.54) is 0 Å². The third kappa shape index (κ3) is 3.64. The zero-order valence-electron chi connectivity index (χ0n) is 12.8. The summed E-state index contributed by atoms with van der Waals surface area (Å²) in [6, 6.07) is 8.41. The largest absolute Gasteiger partial charge is 0.271 e. The quantitative estimate of drug-likeness (QED) is 0.634. The molecule has 114 valence electrons. The van der Waals surface area contributed by atoms with Crippen molar-refractivity contribution in [3.05, 3.63) is 52.3 Å². The lowest BCUT2D eigenvalue weighted by atomic mass is 10.0. The van der Waals surface area contributed by atoms with Gasteiger partial charge in [0.25, 0.3) is 0 Å². The fraction of sp³-hybridized carbons (Fsp3) is 0.438. The molecule has 0 fully saturated rings. The first-order valence-corrected chi connectivity index (χ1v) is 7.69. The average Bonchev–Trinajstić information content (AvgIpc) is 2.95. The summed E-state index contributed by atoms with van der Waals surface area (Å²) in [5, 5.41) is 5.39. The van der Waals surface area contributed by atoms with Crippen molar-refractivity contribution in [3.63, 3.8) is 0 Å². The SMILES string of the molecule is CCC(C)n1ccc(CC(NN)c2cccc(C)c2Cl)n1. The molecule has 0 aliphatic heterocycles. The van der Waals surface area contributed by atoms with Gasteiger partial charge in [-0.3, -0.25) is 16.0 Å². The maximum atomic E-state index is 6.39. The predicted molar refractivity (Wildman–Crippen MR) is 87.2 cm³/mol. The number of nitrogens with zero attached hydrogens (tertiary/aromatic N) is 2. The summed E-state index contributed by atoms with van der Waals surface area (Å²) in [4.78, 5) is 0. The van der Waals surface area contributed by atoms with Crippen LogP contribution in [0.25, 0.3) is 0 Å². The maximum absolute atomic E-state index is 6.39. The lowest BCUT2D eigenvalue weighted by Crippen LogP contribution is -2.30. The van der Waals surface area contributed by atoms with E-state index in [4.69, 9.17) is 17.4 Å². The van der Waals surface area contributed by atoms with E-state index in [2.05, 4.69) is 24.4 Å². The van der Waals surface area contributed by atoms with Crippen molar-refractivity contribution in [2.24, 2.45) is 5.84 Å². The van der Waals surface area contributed by atoms with E-state index >= 15 is 0 Å². The minimum atomic E-state index is -0.0438. The number of halogens is 1. The van der Waals surface area contributed by atoms with Gasteiger partial charge in [-0.05, 0) is 37.5 Å². The van der Waals surface area contributed by atoms with Crippen LogP contribution in [0.1, 0.15) is 49.2 Å². The molecule has 5 heteroatoms. The first-order valence-electron chi connectivity index (χ1n) is 7.32. The van der Waals surface area contributed by atoms with Gasteiger partial charge < -0.3 is 0 Å². The molecule has 2 atom stereocenters. The Morgan fingerprint density at radius 2 is 2.14 bits per heavy atom. The molecule has 1 aromatic heterocycles. The summed E-state index contributed by atoms with van der Waals surface area (Å²) in [5.74, 6) is 5.72. The Bertz CT molecular complexity index is 594. The van der Waals surface area contributed by atoms with Crippen molar-refractivity contribution < 1.29 is 0 Å². The minimum Gasteiger partial charge on any atom is -0.271 e. The summed E-state index contributed by atoms with van der Waals surface area (Å²) in [6.45, 7) is 6.31. The third-order valence-electron chi connectivity index (χ3n) is 3.92. The zero-order chi connectivity index (χ0) is 15.4. The number of aryl methyl sites for hydroxylation is 1. The second-order valence-corrected chi connectivity index (χ2v) is 5.82. The highest BCUT2D eigenvalue weighted by molar-refractivity contribution is 6.32. The molecular formula is C16H23ClN4. The Kier molecular flexibility index (Phi) is 5.39. The molecule has 3 N–H and O–H groups in total. The van der Waals surface area contributed by atoms with Gasteiger partial charge in [0.15, 0.2) is 0 Å². The Labute approximate surface area is 131 Å². The van der Waals surface area contributed by atoms with Crippen molar-refractivity contribution >= 4 is 11.6 Å². The Hall–Kier alpha value is -1.36. The Morgan fingerprint density at radius 1 is 1.38 bits per heavy atom. The highest BCUT2D eigenvalue weighted by Crippen LogP contribution is 2.27. The van der Waals surface area contributed by atoms with Crippen LogP contribution in [0.5, 0.6) is 0 Å². The van der Waals surface area contributed by atoms with Crippen LogP contribution in [0.15, 0.2) is 30.5 Å². The molecule has 2 unspecified atom stereocenters. The molecule has 4 nitrogen and oxygen atoms in total. The van der Waals surface area contributed by atoms with E-state index in [-0.39, 0.29) is 6.04 Å². The number of nitrogens with one attached hydrogen (secondary N) is 1. The fourth-order valence-electron chi connectivity index (χ4n) is 2.33. The normalized spacial score (nSPS) is 14.1. The topological polar surface area (TPSA) is 55.9 Å². The predicted octanol–water partition coefficient (Wildman–Crippen LogP) is 3.56. The van der Waals surface area contributed by atoms with Gasteiger partial charge in [0, 0.05) is 23.7 Å². The molecule has 0 saturated heterocycles. The molecular weight excluding hydrogens is 284 g/mol. The van der Waals surface area contributed by atoms with Gasteiger partial charge in [-0.25, -0.2) is 0 Å². The molecule has 0 amide bonds. The molecule has 0 saturated carbocycles. The molecule has 0 spiro atoms. The van der Waals surface area contributed by atoms with Gasteiger partial charge in [0.1, 0.15) is 0 Å². The zero-order valence-corrected chi connectivity index (χ0v) is 13.6. The number of benzene rings is 1. The molecule has 0 aliphatic carbocycles. The van der Waals surface area contributed by atoms with Crippen LogP contribution in [0.4, 0.5) is 0 Å². The maximum Gasteiger partial charge on any atom is 0.0644 e. The monoisotopic (exact) mass is 306 g/mol. The fourth-order valence-corrected chi connectivity index (χ4v) is 2.58. The van der Waals surface area contributed by atoms with Crippen molar-refractivity contribution in [1.29, 1.82) is 0 Å². The Morgan fingerprint density at radius 3 is 2.81 bits per heavy atom. The Balaban J connectivity index is 2.19. The lowest BCUT2D eigenvalue weighted by Gasteiger charge is -2.18. The smallest absolute Gasteiger partial charge is 0.0644 e. The van der Waals surface area contributed by atoms with Gasteiger partial charge in [-0.15, -0.1) is 0 Å². The van der Waals surface area contributed by atoms with Crippen LogP contribution in [-0.2, 0) is 6.42 Å². The van der Waals surface area contributed by atoms with E-state index in [0.29, 0.717) is 12.5 Å². The van der Waals surface area contributed by atoms with Crippen LogP contribution < -0.4 is 11.3 Å².